The van der Waals surface area contributed by atoms with Gasteiger partial charge in [0.15, 0.2) is 5.78 Å². The summed E-state index contributed by atoms with van der Waals surface area (Å²) in [6.45, 7) is 3.45. The van der Waals surface area contributed by atoms with Gasteiger partial charge in [0, 0.05) is 25.9 Å². The highest BCUT2D eigenvalue weighted by Gasteiger charge is 2.27. The maximum Gasteiger partial charge on any atom is 0.243 e. The van der Waals surface area contributed by atoms with E-state index in [1.807, 2.05) is 11.4 Å². The van der Waals surface area contributed by atoms with E-state index in [-0.39, 0.29) is 42.5 Å². The van der Waals surface area contributed by atoms with E-state index in [1.54, 1.807) is 19.1 Å². The predicted octanol–water partition coefficient (Wildman–Crippen LogP) is 3.16. The van der Waals surface area contributed by atoms with Crippen LogP contribution in [0.2, 0.25) is 0 Å². The lowest BCUT2D eigenvalue weighted by Gasteiger charge is -2.26. The maximum absolute atomic E-state index is 12.9. The molecule has 168 valence electrons. The number of hydrogen-bond donors (Lipinski definition) is 1. The van der Waals surface area contributed by atoms with Crippen LogP contribution in [-0.2, 0) is 19.6 Å². The number of thiophene rings is 1. The lowest BCUT2D eigenvalue weighted by atomic mass is 10.1. The van der Waals surface area contributed by atoms with E-state index >= 15 is 0 Å². The minimum Gasteiger partial charge on any atom is -0.492 e. The van der Waals surface area contributed by atoms with Crippen LogP contribution in [0, 0.1) is 0 Å². The second-order valence-electron chi connectivity index (χ2n) is 6.91. The summed E-state index contributed by atoms with van der Waals surface area (Å²) in [5.74, 6) is 0.101. The predicted molar refractivity (Wildman–Crippen MR) is 118 cm³/mol. The highest BCUT2D eigenvalue weighted by molar-refractivity contribution is 7.89. The van der Waals surface area contributed by atoms with E-state index in [0.29, 0.717) is 42.6 Å². The van der Waals surface area contributed by atoms with Gasteiger partial charge in [0.2, 0.25) is 15.9 Å². The molecule has 0 saturated carbocycles. The number of carbonyl (C=O) groups is 2. The number of benzene rings is 1. The van der Waals surface area contributed by atoms with E-state index < -0.39 is 10.0 Å². The topological polar surface area (TPSA) is 102 Å². The average Bonchev–Trinajstić information content (AvgIpc) is 3.31. The van der Waals surface area contributed by atoms with Gasteiger partial charge in [-0.2, -0.15) is 4.31 Å². The number of morpholine rings is 1. The zero-order valence-electron chi connectivity index (χ0n) is 17.3. The highest BCUT2D eigenvalue weighted by atomic mass is 32.2. The third-order valence-electron chi connectivity index (χ3n) is 4.74. The van der Waals surface area contributed by atoms with Gasteiger partial charge >= 0.3 is 0 Å². The number of nitrogens with one attached hydrogen (secondary N) is 1. The van der Waals surface area contributed by atoms with Crippen molar-refractivity contribution in [1.82, 2.24) is 4.31 Å². The summed E-state index contributed by atoms with van der Waals surface area (Å²) in [4.78, 5) is 25.3. The summed E-state index contributed by atoms with van der Waals surface area (Å²) < 4.78 is 38.0. The Labute approximate surface area is 186 Å². The van der Waals surface area contributed by atoms with E-state index in [4.69, 9.17) is 9.47 Å². The zero-order valence-corrected chi connectivity index (χ0v) is 19.0. The Kier molecular flexibility index (Phi) is 8.19. The van der Waals surface area contributed by atoms with Crippen molar-refractivity contribution in [2.45, 2.75) is 31.1 Å². The van der Waals surface area contributed by atoms with Crippen LogP contribution in [0.15, 0.2) is 40.6 Å². The van der Waals surface area contributed by atoms with Crippen LogP contribution in [0.25, 0.3) is 0 Å². The molecule has 0 radical (unpaired) electrons. The van der Waals surface area contributed by atoms with Gasteiger partial charge in [0.05, 0.1) is 35.3 Å². The van der Waals surface area contributed by atoms with Gasteiger partial charge in [-0.1, -0.05) is 6.07 Å². The van der Waals surface area contributed by atoms with Gasteiger partial charge in [0.1, 0.15) is 5.75 Å². The molecule has 1 saturated heterocycles. The van der Waals surface area contributed by atoms with Gasteiger partial charge in [0.25, 0.3) is 0 Å². The Balaban J connectivity index is 1.67. The van der Waals surface area contributed by atoms with Crippen LogP contribution in [0.3, 0.4) is 0 Å². The molecule has 1 aromatic heterocycles. The molecule has 8 nitrogen and oxygen atoms in total. The average molecular weight is 467 g/mol. The smallest absolute Gasteiger partial charge is 0.243 e. The van der Waals surface area contributed by atoms with E-state index in [0.717, 1.165) is 0 Å². The fourth-order valence-electron chi connectivity index (χ4n) is 3.17. The van der Waals surface area contributed by atoms with Crippen molar-refractivity contribution >= 4 is 38.7 Å². The molecule has 0 bridgehead atoms. The molecule has 1 aliphatic heterocycles. The second kappa shape index (κ2) is 10.9. The maximum atomic E-state index is 12.9. The highest BCUT2D eigenvalue weighted by Crippen LogP contribution is 2.30. The standard InChI is InChI=1S/C21H26N2O6S2/c1-2-29-19-9-8-16(31(26,27)23-10-12-28-13-11-23)15-17(19)22-21(25)7-3-5-18(24)20-6-4-14-30-20/h4,6,8-9,14-15H,2-3,5,7,10-13H2,1H3,(H,22,25). The number of ether oxygens (including phenoxy) is 2. The third kappa shape index (κ3) is 6.13. The minimum absolute atomic E-state index is 0.0106. The minimum atomic E-state index is -3.70. The number of Topliss-reactive ketones (excluding diaryl/α,β-unsaturated/α-hetero) is 1. The third-order valence-corrected chi connectivity index (χ3v) is 7.54. The van der Waals surface area contributed by atoms with Crippen molar-refractivity contribution in [3.05, 3.63) is 40.6 Å². The fourth-order valence-corrected chi connectivity index (χ4v) is 5.30. The summed E-state index contributed by atoms with van der Waals surface area (Å²) in [6, 6.07) is 8.03. The van der Waals surface area contributed by atoms with E-state index in [1.165, 1.54) is 27.8 Å². The molecule has 10 heteroatoms. The Bertz CT molecular complexity index is 999. The fraction of sp³-hybridized carbons (Fsp3) is 0.429. The number of nitrogens with zero attached hydrogens (tertiary/aromatic N) is 1. The molecule has 1 amide bonds. The normalized spacial score (nSPS) is 14.9. The molecule has 0 atom stereocenters. The molecule has 1 aliphatic rings. The molecular weight excluding hydrogens is 440 g/mol. The first-order valence-corrected chi connectivity index (χ1v) is 12.4. The summed E-state index contributed by atoms with van der Waals surface area (Å²) in [5, 5.41) is 4.58. The molecule has 2 heterocycles. The van der Waals surface area contributed by atoms with Crippen LogP contribution in [0.4, 0.5) is 5.69 Å². The Hall–Kier alpha value is -2.27. The van der Waals surface area contributed by atoms with Crippen LogP contribution in [0.5, 0.6) is 5.75 Å². The second-order valence-corrected chi connectivity index (χ2v) is 9.80. The summed E-state index contributed by atoms with van der Waals surface area (Å²) >= 11 is 1.38. The van der Waals surface area contributed by atoms with Gasteiger partial charge in [-0.15, -0.1) is 11.3 Å². The molecular formula is C21H26N2O6S2. The lowest BCUT2D eigenvalue weighted by Crippen LogP contribution is -2.40. The monoisotopic (exact) mass is 466 g/mol. The van der Waals surface area contributed by atoms with Gasteiger partial charge in [-0.25, -0.2) is 8.42 Å². The molecule has 0 unspecified atom stereocenters. The molecule has 1 N–H and O–H groups in total. The van der Waals surface area contributed by atoms with Crippen LogP contribution in [-0.4, -0.2) is 57.3 Å². The van der Waals surface area contributed by atoms with Crippen molar-refractivity contribution < 1.29 is 27.5 Å². The molecule has 31 heavy (non-hydrogen) atoms. The number of amides is 1. The number of hydrogen-bond acceptors (Lipinski definition) is 7. The number of rotatable bonds is 10. The number of ketones is 1. The summed E-state index contributed by atoms with van der Waals surface area (Å²) in [5.41, 5.74) is 0.297. The van der Waals surface area contributed by atoms with Gasteiger partial charge in [-0.3, -0.25) is 9.59 Å². The van der Waals surface area contributed by atoms with E-state index in [2.05, 4.69) is 5.32 Å². The van der Waals surface area contributed by atoms with Crippen LogP contribution >= 0.6 is 11.3 Å². The number of anilines is 1. The van der Waals surface area contributed by atoms with Crippen molar-refractivity contribution in [1.29, 1.82) is 0 Å². The molecule has 3 rings (SSSR count). The van der Waals surface area contributed by atoms with Crippen LogP contribution in [0.1, 0.15) is 35.9 Å². The first-order chi connectivity index (χ1) is 14.9. The van der Waals surface area contributed by atoms with Crippen molar-refractivity contribution in [3.63, 3.8) is 0 Å². The zero-order chi connectivity index (χ0) is 22.3. The van der Waals surface area contributed by atoms with Crippen LogP contribution < -0.4 is 10.1 Å². The first kappa shape index (κ1) is 23.4. The largest absolute Gasteiger partial charge is 0.492 e. The Morgan fingerprint density at radius 2 is 1.97 bits per heavy atom. The van der Waals surface area contributed by atoms with Crippen molar-refractivity contribution in [3.8, 4) is 5.75 Å². The quantitative estimate of drug-likeness (QED) is 0.540. The summed E-state index contributed by atoms with van der Waals surface area (Å²) in [6.07, 6.45) is 0.819. The van der Waals surface area contributed by atoms with E-state index in [9.17, 15) is 18.0 Å². The molecule has 2 aromatic rings. The molecule has 1 fully saturated rings. The molecule has 0 aliphatic carbocycles. The number of carbonyl (C=O) groups excluding carboxylic acids is 2. The van der Waals surface area contributed by atoms with Crippen molar-refractivity contribution in [2.24, 2.45) is 0 Å². The Morgan fingerprint density at radius 1 is 1.19 bits per heavy atom. The van der Waals surface area contributed by atoms with Gasteiger partial charge < -0.3 is 14.8 Å². The summed E-state index contributed by atoms with van der Waals surface area (Å²) in [7, 11) is -3.70. The lowest BCUT2D eigenvalue weighted by molar-refractivity contribution is -0.116. The molecule has 1 aromatic carbocycles. The van der Waals surface area contributed by atoms with Gasteiger partial charge in [-0.05, 0) is 43.0 Å². The van der Waals surface area contributed by atoms with Crippen molar-refractivity contribution in [2.75, 3.05) is 38.2 Å². The Morgan fingerprint density at radius 3 is 2.65 bits per heavy atom. The SMILES string of the molecule is CCOc1ccc(S(=O)(=O)N2CCOCC2)cc1NC(=O)CCCC(=O)c1cccs1. The molecule has 0 spiro atoms. The number of sulfonamides is 1. The first-order valence-electron chi connectivity index (χ1n) is 10.1.